The number of pyridine rings is 2. The minimum Gasteiger partial charge on any atom is -0.324 e. The van der Waals surface area contributed by atoms with Gasteiger partial charge in [0, 0.05) is 11.9 Å². The molecule has 3 aromatic rings. The molecule has 0 aliphatic carbocycles. The van der Waals surface area contributed by atoms with Gasteiger partial charge in [-0.2, -0.15) is 36.3 Å². The van der Waals surface area contributed by atoms with Gasteiger partial charge in [0.2, 0.25) is 5.95 Å². The van der Waals surface area contributed by atoms with Gasteiger partial charge in [0.05, 0.1) is 0 Å². The molecule has 3 heterocycles. The Morgan fingerprint density at radius 3 is 2.29 bits per heavy atom. The van der Waals surface area contributed by atoms with Crippen LogP contribution in [0.3, 0.4) is 0 Å². The smallest absolute Gasteiger partial charge is 0.324 e. The number of aromatic nitrogens is 5. The maximum atomic E-state index is 12.8. The Morgan fingerprint density at radius 1 is 0.893 bits per heavy atom. The van der Waals surface area contributed by atoms with Crippen molar-refractivity contribution in [3.63, 3.8) is 0 Å². The van der Waals surface area contributed by atoms with Crippen LogP contribution >= 0.6 is 0 Å². The Hall–Kier alpha value is -3.51. The Bertz CT molecular complexity index is 1060. The molecule has 0 aromatic carbocycles. The van der Waals surface area contributed by atoms with E-state index in [0.29, 0.717) is 6.07 Å². The van der Waals surface area contributed by atoms with E-state index < -0.39 is 35.4 Å². The molecule has 0 saturated carbocycles. The molecule has 0 aliphatic rings. The number of hydrogen-bond donors (Lipinski definition) is 2. The van der Waals surface area contributed by atoms with Crippen LogP contribution in [0.15, 0.2) is 41.3 Å². The van der Waals surface area contributed by atoms with Gasteiger partial charge in [0.25, 0.3) is 0 Å². The van der Waals surface area contributed by atoms with Gasteiger partial charge in [-0.25, -0.2) is 9.78 Å². The summed E-state index contributed by atoms with van der Waals surface area (Å²) in [5.41, 5.74) is -3.82. The van der Waals surface area contributed by atoms with Crippen molar-refractivity contribution in [1.82, 2.24) is 24.9 Å². The highest BCUT2D eigenvalue weighted by molar-refractivity contribution is 5.56. The van der Waals surface area contributed by atoms with Crippen molar-refractivity contribution >= 4 is 11.6 Å². The predicted octanol–water partition coefficient (Wildman–Crippen LogP) is 3.40. The molecule has 2 N–H and O–H groups in total. The second-order valence-electron chi connectivity index (χ2n) is 5.28. The Morgan fingerprint density at radius 2 is 1.61 bits per heavy atom. The fourth-order valence-electron chi connectivity index (χ4n) is 2.08. The van der Waals surface area contributed by atoms with Gasteiger partial charge in [-0.05, 0) is 24.3 Å². The number of nitrogens with one attached hydrogen (secondary N) is 2. The number of rotatable bonds is 3. The normalized spacial score (nSPS) is 12.1. The molecule has 3 aromatic heterocycles. The quantitative estimate of drug-likeness (QED) is 0.652. The molecular formula is C15H8F6N6O. The Labute approximate surface area is 151 Å². The van der Waals surface area contributed by atoms with E-state index in [2.05, 4.69) is 30.2 Å². The summed E-state index contributed by atoms with van der Waals surface area (Å²) in [7, 11) is 0. The summed E-state index contributed by atoms with van der Waals surface area (Å²) in [6.07, 6.45) is -8.52. The summed E-state index contributed by atoms with van der Waals surface area (Å²) < 4.78 is 76.5. The SMILES string of the molecule is O=c1nc(Nc2ccnc(C(F)(F)F)c2)nc(-c2cccc(C(F)(F)F)n2)[nH]1. The Balaban J connectivity index is 1.96. The fourth-order valence-corrected chi connectivity index (χ4v) is 2.08. The van der Waals surface area contributed by atoms with Crippen molar-refractivity contribution in [1.29, 1.82) is 0 Å². The monoisotopic (exact) mass is 402 g/mol. The zero-order chi connectivity index (χ0) is 20.5. The molecule has 0 spiro atoms. The van der Waals surface area contributed by atoms with Crippen molar-refractivity contribution in [2.45, 2.75) is 12.4 Å². The molecule has 0 saturated heterocycles. The number of hydrogen-bond acceptors (Lipinski definition) is 6. The summed E-state index contributed by atoms with van der Waals surface area (Å²) in [5, 5.41) is 2.38. The van der Waals surface area contributed by atoms with E-state index in [4.69, 9.17) is 0 Å². The first-order valence-corrected chi connectivity index (χ1v) is 7.35. The minimum atomic E-state index is -4.71. The lowest BCUT2D eigenvalue weighted by Gasteiger charge is -2.10. The van der Waals surface area contributed by atoms with Crippen LogP contribution in [-0.4, -0.2) is 24.9 Å². The van der Waals surface area contributed by atoms with Crippen LogP contribution in [0.4, 0.5) is 38.0 Å². The van der Waals surface area contributed by atoms with Gasteiger partial charge in [-0.1, -0.05) is 6.07 Å². The highest BCUT2D eigenvalue weighted by Gasteiger charge is 2.33. The molecule has 0 amide bonds. The zero-order valence-corrected chi connectivity index (χ0v) is 13.4. The molecule has 0 fully saturated rings. The number of nitrogens with zero attached hydrogens (tertiary/aromatic N) is 4. The molecule has 28 heavy (non-hydrogen) atoms. The highest BCUT2D eigenvalue weighted by atomic mass is 19.4. The summed E-state index contributed by atoms with van der Waals surface area (Å²) in [6.45, 7) is 0. The molecule has 0 unspecified atom stereocenters. The van der Waals surface area contributed by atoms with Crippen LogP contribution < -0.4 is 11.0 Å². The molecule has 0 atom stereocenters. The molecule has 0 bridgehead atoms. The minimum absolute atomic E-state index is 0.129. The van der Waals surface area contributed by atoms with Crippen molar-refractivity contribution < 1.29 is 26.3 Å². The predicted molar refractivity (Wildman–Crippen MR) is 83.4 cm³/mol. The molecule has 146 valence electrons. The number of H-pyrrole nitrogens is 1. The topological polar surface area (TPSA) is 96.5 Å². The summed E-state index contributed by atoms with van der Waals surface area (Å²) in [4.78, 5) is 27.6. The first kappa shape index (κ1) is 19.3. The zero-order valence-electron chi connectivity index (χ0n) is 13.4. The van der Waals surface area contributed by atoms with Crippen LogP contribution in [-0.2, 0) is 12.4 Å². The lowest BCUT2D eigenvalue weighted by atomic mass is 10.3. The molecule has 7 nitrogen and oxygen atoms in total. The van der Waals surface area contributed by atoms with Crippen LogP contribution in [0.25, 0.3) is 11.5 Å². The van der Waals surface area contributed by atoms with Crippen LogP contribution in [0.1, 0.15) is 11.4 Å². The largest absolute Gasteiger partial charge is 0.433 e. The first-order valence-electron chi connectivity index (χ1n) is 7.35. The van der Waals surface area contributed by atoms with E-state index in [1.807, 2.05) is 0 Å². The second kappa shape index (κ2) is 6.90. The van der Waals surface area contributed by atoms with Gasteiger partial charge in [0.15, 0.2) is 5.82 Å². The Kier molecular flexibility index (Phi) is 4.75. The van der Waals surface area contributed by atoms with Gasteiger partial charge in [-0.15, -0.1) is 0 Å². The average molecular weight is 402 g/mol. The van der Waals surface area contributed by atoms with Crippen molar-refractivity contribution in [2.24, 2.45) is 0 Å². The molecule has 13 heteroatoms. The highest BCUT2D eigenvalue weighted by Crippen LogP contribution is 2.30. The number of halogens is 6. The third-order valence-corrected chi connectivity index (χ3v) is 3.24. The van der Waals surface area contributed by atoms with E-state index in [9.17, 15) is 31.1 Å². The van der Waals surface area contributed by atoms with Crippen LogP contribution in [0.2, 0.25) is 0 Å². The third kappa shape index (κ3) is 4.42. The molecule has 3 rings (SSSR count). The lowest BCUT2D eigenvalue weighted by molar-refractivity contribution is -0.141. The standard InChI is InChI=1S/C15H8F6N6O/c16-14(17,18)9-3-1-2-8(24-9)11-25-12(27-13(28)26-11)23-7-4-5-22-10(6-7)15(19,20)21/h1-6H,(H2,22,23,25,26,27,28). The maximum absolute atomic E-state index is 12.8. The molecular weight excluding hydrogens is 394 g/mol. The van der Waals surface area contributed by atoms with Crippen LogP contribution in [0.5, 0.6) is 0 Å². The third-order valence-electron chi connectivity index (χ3n) is 3.24. The van der Waals surface area contributed by atoms with Crippen LogP contribution in [0, 0.1) is 0 Å². The first-order chi connectivity index (χ1) is 13.0. The second-order valence-corrected chi connectivity index (χ2v) is 5.28. The van der Waals surface area contributed by atoms with Crippen molar-refractivity contribution in [3.8, 4) is 11.5 Å². The van der Waals surface area contributed by atoms with Crippen molar-refractivity contribution in [2.75, 3.05) is 5.32 Å². The number of anilines is 2. The molecule has 0 radical (unpaired) electrons. The summed E-state index contributed by atoms with van der Waals surface area (Å²) in [5.74, 6) is -0.781. The van der Waals surface area contributed by atoms with E-state index in [1.165, 1.54) is 12.1 Å². The average Bonchev–Trinajstić information content (AvgIpc) is 2.60. The summed E-state index contributed by atoms with van der Waals surface area (Å²) >= 11 is 0. The van der Waals surface area contributed by atoms with E-state index in [-0.39, 0.29) is 17.2 Å². The maximum Gasteiger partial charge on any atom is 0.433 e. The number of aromatic amines is 1. The number of alkyl halides is 6. The van der Waals surface area contributed by atoms with Gasteiger partial charge >= 0.3 is 18.0 Å². The van der Waals surface area contributed by atoms with E-state index >= 15 is 0 Å². The molecule has 0 aliphatic heterocycles. The van der Waals surface area contributed by atoms with Gasteiger partial charge in [0.1, 0.15) is 17.1 Å². The van der Waals surface area contributed by atoms with Gasteiger partial charge < -0.3 is 5.32 Å². The van der Waals surface area contributed by atoms with E-state index in [0.717, 1.165) is 18.3 Å². The van der Waals surface area contributed by atoms with Crippen molar-refractivity contribution in [3.05, 3.63) is 58.4 Å². The van der Waals surface area contributed by atoms with E-state index in [1.54, 1.807) is 0 Å². The van der Waals surface area contributed by atoms with Gasteiger partial charge in [-0.3, -0.25) is 9.97 Å². The fraction of sp³-hybridized carbons (Fsp3) is 0.133. The lowest BCUT2D eigenvalue weighted by Crippen LogP contribution is -2.17. The summed E-state index contributed by atoms with van der Waals surface area (Å²) in [6, 6.07) is 4.80.